The highest BCUT2D eigenvalue weighted by Gasteiger charge is 2.23. The molecule has 33 heavy (non-hydrogen) atoms. The average Bonchev–Trinajstić information content (AvgIpc) is 3.23. The normalized spacial score (nSPS) is 17.5. The quantitative estimate of drug-likeness (QED) is 0.340. The van der Waals surface area contributed by atoms with Crippen molar-refractivity contribution in [1.29, 1.82) is 0 Å². The number of nitrogens with zero attached hydrogens (tertiary/aromatic N) is 3. The van der Waals surface area contributed by atoms with Gasteiger partial charge in [0.25, 0.3) is 0 Å². The fourth-order valence-corrected chi connectivity index (χ4v) is 3.49. The molecular weight excluding hydrogens is 420 g/mol. The number of ether oxygens (including phenoxy) is 2. The molecule has 9 heteroatoms. The van der Waals surface area contributed by atoms with Gasteiger partial charge in [0.05, 0.1) is 12.8 Å². The Kier molecular flexibility index (Phi) is 6.80. The van der Waals surface area contributed by atoms with E-state index in [4.69, 9.17) is 9.47 Å². The topological polar surface area (TPSA) is 114 Å². The van der Waals surface area contributed by atoms with E-state index in [-0.39, 0.29) is 17.7 Å². The Balaban J connectivity index is 1.44. The van der Waals surface area contributed by atoms with Gasteiger partial charge in [-0.1, -0.05) is 25.7 Å². The second-order valence-corrected chi connectivity index (χ2v) is 7.60. The zero-order chi connectivity index (χ0) is 23.2. The monoisotopic (exact) mass is 446 g/mol. The van der Waals surface area contributed by atoms with Gasteiger partial charge < -0.3 is 25.1 Å². The second-order valence-electron chi connectivity index (χ2n) is 7.60. The summed E-state index contributed by atoms with van der Waals surface area (Å²) in [5.41, 5.74) is 2.93. The minimum Gasteiger partial charge on any atom is -0.491 e. The Morgan fingerprint density at radius 3 is 2.79 bits per heavy atom. The summed E-state index contributed by atoms with van der Waals surface area (Å²) in [6.07, 6.45) is 8.83. The Morgan fingerprint density at radius 2 is 2.06 bits per heavy atom. The summed E-state index contributed by atoms with van der Waals surface area (Å²) < 4.78 is 10.6. The van der Waals surface area contributed by atoms with Crippen molar-refractivity contribution >= 4 is 28.7 Å². The maximum absolute atomic E-state index is 11.5. The lowest BCUT2D eigenvalue weighted by atomic mass is 9.88. The summed E-state index contributed by atoms with van der Waals surface area (Å²) in [5.74, 6) is 1.96. The first-order valence-electron chi connectivity index (χ1n) is 10.6. The number of aromatic nitrogens is 4. The fourth-order valence-electron chi connectivity index (χ4n) is 3.49. The van der Waals surface area contributed by atoms with Crippen molar-refractivity contribution in [3.63, 3.8) is 0 Å². The van der Waals surface area contributed by atoms with Crippen LogP contribution in [0.2, 0.25) is 0 Å². The highest BCUT2D eigenvalue weighted by atomic mass is 16.5. The van der Waals surface area contributed by atoms with Crippen LogP contribution in [0, 0.1) is 5.92 Å². The van der Waals surface area contributed by atoms with Crippen LogP contribution in [0.25, 0.3) is 11.2 Å². The predicted molar refractivity (Wildman–Crippen MR) is 126 cm³/mol. The van der Waals surface area contributed by atoms with Crippen LogP contribution in [-0.2, 0) is 9.53 Å². The van der Waals surface area contributed by atoms with Crippen LogP contribution in [0.4, 0.5) is 11.6 Å². The fraction of sp³-hybridized carbons (Fsp3) is 0.250. The van der Waals surface area contributed by atoms with Crippen LogP contribution in [-0.4, -0.2) is 46.2 Å². The number of anilines is 2. The summed E-state index contributed by atoms with van der Waals surface area (Å²) in [6.45, 7) is 6.59. The molecule has 0 saturated heterocycles. The molecule has 0 saturated carbocycles. The number of rotatable bonds is 9. The number of benzene rings is 1. The first-order chi connectivity index (χ1) is 16.1. The highest BCUT2D eigenvalue weighted by molar-refractivity contribution is 5.88. The number of amides is 1. The zero-order valence-electron chi connectivity index (χ0n) is 18.5. The number of imidazole rings is 1. The van der Waals surface area contributed by atoms with Gasteiger partial charge in [-0.15, -0.1) is 0 Å². The Hall–Kier alpha value is -3.98. The Labute approximate surface area is 191 Å². The van der Waals surface area contributed by atoms with E-state index < -0.39 is 0 Å². The molecule has 0 spiro atoms. The lowest BCUT2D eigenvalue weighted by molar-refractivity contribution is -0.115. The molecule has 2 aromatic heterocycles. The molecule has 3 aromatic rings. The van der Waals surface area contributed by atoms with Crippen LogP contribution in [0.1, 0.15) is 18.7 Å². The van der Waals surface area contributed by atoms with Gasteiger partial charge in [0.1, 0.15) is 23.7 Å². The third-order valence-electron chi connectivity index (χ3n) is 5.18. The van der Waals surface area contributed by atoms with Crippen molar-refractivity contribution in [2.75, 3.05) is 25.6 Å². The van der Waals surface area contributed by atoms with Crippen molar-refractivity contribution < 1.29 is 14.3 Å². The van der Waals surface area contributed by atoms with Gasteiger partial charge >= 0.3 is 0 Å². The van der Waals surface area contributed by atoms with Gasteiger partial charge in [0, 0.05) is 24.4 Å². The molecule has 4 rings (SSSR count). The van der Waals surface area contributed by atoms with E-state index in [1.54, 1.807) is 13.3 Å². The molecule has 0 aliphatic heterocycles. The summed E-state index contributed by atoms with van der Waals surface area (Å²) in [5, 5.41) is 5.98. The lowest BCUT2D eigenvalue weighted by Crippen LogP contribution is -2.22. The summed E-state index contributed by atoms with van der Waals surface area (Å²) in [7, 11) is 1.64. The molecule has 2 atom stereocenters. The van der Waals surface area contributed by atoms with E-state index in [2.05, 4.69) is 44.1 Å². The van der Waals surface area contributed by atoms with Crippen molar-refractivity contribution in [3.05, 3.63) is 72.9 Å². The van der Waals surface area contributed by atoms with Crippen molar-refractivity contribution in [2.24, 2.45) is 5.92 Å². The lowest BCUT2D eigenvalue weighted by Gasteiger charge is -2.21. The molecule has 2 unspecified atom stereocenters. The summed E-state index contributed by atoms with van der Waals surface area (Å²) in [6, 6.07) is 7.55. The SMILES string of the molecule is C=CC(=O)NC1=CC(C)C(c2nc3cnc(Nc4ccc(OCCOC)cc4)nc3[nH]2)C=C1. The van der Waals surface area contributed by atoms with Crippen LogP contribution in [0.15, 0.2) is 67.0 Å². The molecule has 0 radical (unpaired) electrons. The zero-order valence-corrected chi connectivity index (χ0v) is 18.5. The van der Waals surface area contributed by atoms with E-state index in [1.165, 1.54) is 6.08 Å². The maximum atomic E-state index is 11.5. The smallest absolute Gasteiger partial charge is 0.247 e. The van der Waals surface area contributed by atoms with E-state index >= 15 is 0 Å². The molecular formula is C24H26N6O3. The van der Waals surface area contributed by atoms with Gasteiger partial charge in [-0.25, -0.2) is 9.97 Å². The van der Waals surface area contributed by atoms with Gasteiger partial charge in [-0.3, -0.25) is 4.79 Å². The minimum atomic E-state index is -0.233. The number of fused-ring (bicyclic) bond motifs is 1. The van der Waals surface area contributed by atoms with Crippen LogP contribution in [0.5, 0.6) is 5.75 Å². The van der Waals surface area contributed by atoms with E-state index in [9.17, 15) is 4.79 Å². The number of allylic oxidation sites excluding steroid dienone is 3. The molecule has 1 aliphatic rings. The molecule has 170 valence electrons. The van der Waals surface area contributed by atoms with E-state index in [1.807, 2.05) is 42.5 Å². The first-order valence-corrected chi connectivity index (χ1v) is 10.6. The predicted octanol–water partition coefficient (Wildman–Crippen LogP) is 3.60. The third-order valence-corrected chi connectivity index (χ3v) is 5.18. The van der Waals surface area contributed by atoms with Crippen molar-refractivity contribution in [1.82, 2.24) is 25.3 Å². The van der Waals surface area contributed by atoms with Crippen molar-refractivity contribution in [2.45, 2.75) is 12.8 Å². The number of hydrogen-bond acceptors (Lipinski definition) is 7. The number of H-pyrrole nitrogens is 1. The molecule has 1 aliphatic carbocycles. The van der Waals surface area contributed by atoms with Gasteiger partial charge in [-0.2, -0.15) is 4.98 Å². The van der Waals surface area contributed by atoms with E-state index in [0.29, 0.717) is 30.3 Å². The number of hydrogen-bond donors (Lipinski definition) is 3. The van der Waals surface area contributed by atoms with Crippen LogP contribution < -0.4 is 15.4 Å². The molecule has 2 heterocycles. The molecule has 9 nitrogen and oxygen atoms in total. The molecule has 1 amide bonds. The Morgan fingerprint density at radius 1 is 1.24 bits per heavy atom. The highest BCUT2D eigenvalue weighted by Crippen LogP contribution is 2.30. The molecule has 1 aromatic carbocycles. The second kappa shape index (κ2) is 10.1. The molecule has 0 fully saturated rings. The van der Waals surface area contributed by atoms with E-state index in [0.717, 1.165) is 23.0 Å². The standard InChI is InChI=1S/C24H26N6O3/c1-4-21(31)26-17-7-10-19(15(2)13-17)22-28-20-14-25-24(30-23(20)29-22)27-16-5-8-18(9-6-16)33-12-11-32-3/h4-10,13-15,19H,1,11-12H2,2-3H3,(H,26,31)(H2,25,27,28,29,30). The molecule has 0 bridgehead atoms. The van der Waals surface area contributed by atoms with Crippen molar-refractivity contribution in [3.8, 4) is 5.75 Å². The Bertz CT molecular complexity index is 1200. The van der Waals surface area contributed by atoms with Gasteiger partial charge in [0.2, 0.25) is 11.9 Å². The molecule has 3 N–H and O–H groups in total. The minimum absolute atomic E-state index is 0.0330. The van der Waals surface area contributed by atoms with Gasteiger partial charge in [-0.05, 0) is 42.3 Å². The largest absolute Gasteiger partial charge is 0.491 e. The third kappa shape index (κ3) is 5.45. The number of aromatic amines is 1. The first kappa shape index (κ1) is 22.2. The van der Waals surface area contributed by atoms with Crippen LogP contribution in [0.3, 0.4) is 0 Å². The number of nitrogens with one attached hydrogen (secondary N) is 3. The van der Waals surface area contributed by atoms with Crippen LogP contribution >= 0.6 is 0 Å². The summed E-state index contributed by atoms with van der Waals surface area (Å²) in [4.78, 5) is 28.4. The number of carbonyl (C=O) groups excluding carboxylic acids is 1. The number of carbonyl (C=O) groups is 1. The maximum Gasteiger partial charge on any atom is 0.247 e. The summed E-state index contributed by atoms with van der Waals surface area (Å²) >= 11 is 0. The average molecular weight is 447 g/mol. The number of methoxy groups -OCH3 is 1. The van der Waals surface area contributed by atoms with Gasteiger partial charge in [0.15, 0.2) is 5.65 Å².